The Balaban J connectivity index is 1.98. The average molecular weight is 337 g/mol. The van der Waals surface area contributed by atoms with Gasteiger partial charge in [0.2, 0.25) is 0 Å². The van der Waals surface area contributed by atoms with E-state index in [1.165, 1.54) is 12.1 Å². The molecule has 0 saturated heterocycles. The highest BCUT2D eigenvalue weighted by Crippen LogP contribution is 2.26. The first-order valence-corrected chi connectivity index (χ1v) is 7.49. The molecule has 126 valence electrons. The van der Waals surface area contributed by atoms with Crippen molar-refractivity contribution in [2.45, 2.75) is 0 Å². The Kier molecular flexibility index (Phi) is 4.47. The van der Waals surface area contributed by atoms with Crippen LogP contribution in [0.4, 0.5) is 11.5 Å². The average Bonchev–Trinajstić information content (AvgIpc) is 2.61. The van der Waals surface area contributed by atoms with Gasteiger partial charge in [-0.2, -0.15) is 0 Å². The number of hydrogen-bond acceptors (Lipinski definition) is 5. The smallest absolute Gasteiger partial charge is 0.322 e. The summed E-state index contributed by atoms with van der Waals surface area (Å²) in [7, 11) is 0. The summed E-state index contributed by atoms with van der Waals surface area (Å²) in [4.78, 5) is 27.1. The standard InChI is InChI=1S/C18H15N3O4/c22-13-7-5-12(6-8-13)20-17-14-4-2-1-3-11(14)9-15(21-17)18(25)19-10-16(23)24/h1-9,22H,10H2,(H,19,25)(H,20,21)(H,23,24). The lowest BCUT2D eigenvalue weighted by Gasteiger charge is -2.11. The number of benzene rings is 2. The number of aliphatic carboxylic acids is 1. The van der Waals surface area contributed by atoms with Crippen LogP contribution in [-0.2, 0) is 4.79 Å². The lowest BCUT2D eigenvalue weighted by Crippen LogP contribution is -2.30. The van der Waals surface area contributed by atoms with Crippen molar-refractivity contribution >= 4 is 34.2 Å². The number of phenols is 1. The highest BCUT2D eigenvalue weighted by molar-refractivity contribution is 6.01. The summed E-state index contributed by atoms with van der Waals surface area (Å²) >= 11 is 0. The summed E-state index contributed by atoms with van der Waals surface area (Å²) in [5, 5.41) is 25.1. The molecule has 0 unspecified atom stereocenters. The molecule has 2 aromatic carbocycles. The third-order valence-corrected chi connectivity index (χ3v) is 3.50. The fraction of sp³-hybridized carbons (Fsp3) is 0.0556. The molecule has 7 nitrogen and oxygen atoms in total. The van der Waals surface area contributed by atoms with E-state index in [1.54, 1.807) is 18.2 Å². The first-order valence-electron chi connectivity index (χ1n) is 7.49. The van der Waals surface area contributed by atoms with Crippen molar-refractivity contribution in [1.29, 1.82) is 0 Å². The molecule has 0 aliphatic heterocycles. The van der Waals surface area contributed by atoms with E-state index in [4.69, 9.17) is 5.11 Å². The molecule has 4 N–H and O–H groups in total. The number of anilines is 2. The molecule has 0 fully saturated rings. The van der Waals surface area contributed by atoms with Gasteiger partial charge in [0.05, 0.1) is 0 Å². The summed E-state index contributed by atoms with van der Waals surface area (Å²) in [5.41, 5.74) is 0.805. The van der Waals surface area contributed by atoms with Crippen LogP contribution >= 0.6 is 0 Å². The highest BCUT2D eigenvalue weighted by atomic mass is 16.4. The van der Waals surface area contributed by atoms with Crippen molar-refractivity contribution in [3.05, 3.63) is 60.3 Å². The Labute approximate surface area is 142 Å². The Morgan fingerprint density at radius 3 is 2.48 bits per heavy atom. The Morgan fingerprint density at radius 2 is 1.76 bits per heavy atom. The van der Waals surface area contributed by atoms with Crippen LogP contribution in [0.1, 0.15) is 10.5 Å². The zero-order valence-corrected chi connectivity index (χ0v) is 13.1. The molecule has 0 saturated carbocycles. The summed E-state index contributed by atoms with van der Waals surface area (Å²) in [6.07, 6.45) is 0. The van der Waals surface area contributed by atoms with Gasteiger partial charge in [-0.1, -0.05) is 24.3 Å². The molecule has 0 atom stereocenters. The second kappa shape index (κ2) is 6.88. The predicted molar refractivity (Wildman–Crippen MR) is 93.1 cm³/mol. The van der Waals surface area contributed by atoms with Crippen molar-refractivity contribution in [3.63, 3.8) is 0 Å². The maximum atomic E-state index is 12.1. The third kappa shape index (κ3) is 3.84. The van der Waals surface area contributed by atoms with Gasteiger partial charge in [-0.05, 0) is 35.7 Å². The fourth-order valence-electron chi connectivity index (χ4n) is 2.34. The molecule has 1 heterocycles. The monoisotopic (exact) mass is 337 g/mol. The maximum Gasteiger partial charge on any atom is 0.322 e. The molecule has 3 rings (SSSR count). The van der Waals surface area contributed by atoms with Gasteiger partial charge >= 0.3 is 5.97 Å². The number of carbonyl (C=O) groups is 2. The van der Waals surface area contributed by atoms with Gasteiger partial charge in [0.15, 0.2) is 0 Å². The number of rotatable bonds is 5. The van der Waals surface area contributed by atoms with Crippen LogP contribution in [0.3, 0.4) is 0 Å². The topological polar surface area (TPSA) is 112 Å². The lowest BCUT2D eigenvalue weighted by molar-refractivity contribution is -0.135. The normalized spacial score (nSPS) is 10.4. The minimum Gasteiger partial charge on any atom is -0.508 e. The van der Waals surface area contributed by atoms with E-state index in [0.29, 0.717) is 11.5 Å². The van der Waals surface area contributed by atoms with Crippen molar-refractivity contribution in [1.82, 2.24) is 10.3 Å². The number of phenolic OH excluding ortho intramolecular Hbond substituents is 1. The number of aromatic nitrogens is 1. The summed E-state index contributed by atoms with van der Waals surface area (Å²) in [5.74, 6) is -1.09. The van der Waals surface area contributed by atoms with Crippen LogP contribution in [0.5, 0.6) is 5.75 Å². The highest BCUT2D eigenvalue weighted by Gasteiger charge is 2.13. The number of carboxylic acids is 1. The fourth-order valence-corrected chi connectivity index (χ4v) is 2.34. The van der Waals surface area contributed by atoms with Gasteiger partial charge in [-0.15, -0.1) is 0 Å². The van der Waals surface area contributed by atoms with Gasteiger partial charge < -0.3 is 20.8 Å². The van der Waals surface area contributed by atoms with E-state index in [0.717, 1.165) is 10.8 Å². The van der Waals surface area contributed by atoms with Crippen molar-refractivity contribution in [2.24, 2.45) is 0 Å². The SMILES string of the molecule is O=C(O)CNC(=O)c1cc2ccccc2c(Nc2ccc(O)cc2)n1. The maximum absolute atomic E-state index is 12.1. The zero-order valence-electron chi connectivity index (χ0n) is 13.1. The molecule has 0 bridgehead atoms. The Morgan fingerprint density at radius 1 is 1.04 bits per heavy atom. The minimum absolute atomic E-state index is 0.112. The van der Waals surface area contributed by atoms with E-state index in [-0.39, 0.29) is 11.4 Å². The molecular formula is C18H15N3O4. The number of amides is 1. The minimum atomic E-state index is -1.13. The summed E-state index contributed by atoms with van der Waals surface area (Å²) < 4.78 is 0. The third-order valence-electron chi connectivity index (χ3n) is 3.50. The first-order chi connectivity index (χ1) is 12.0. The molecule has 0 radical (unpaired) electrons. The molecule has 3 aromatic rings. The number of hydrogen-bond donors (Lipinski definition) is 4. The van der Waals surface area contributed by atoms with Crippen molar-refractivity contribution in [2.75, 3.05) is 11.9 Å². The van der Waals surface area contributed by atoms with Crippen LogP contribution in [0.25, 0.3) is 10.8 Å². The van der Waals surface area contributed by atoms with Crippen LogP contribution in [0.15, 0.2) is 54.6 Å². The van der Waals surface area contributed by atoms with Crippen LogP contribution in [-0.4, -0.2) is 33.6 Å². The molecule has 0 aliphatic carbocycles. The van der Waals surface area contributed by atoms with Gasteiger partial charge in [-0.3, -0.25) is 9.59 Å². The van der Waals surface area contributed by atoms with Gasteiger partial charge in [0.1, 0.15) is 23.8 Å². The van der Waals surface area contributed by atoms with Crippen LogP contribution in [0.2, 0.25) is 0 Å². The molecule has 0 spiro atoms. The van der Waals surface area contributed by atoms with Gasteiger partial charge in [-0.25, -0.2) is 4.98 Å². The molecule has 1 aromatic heterocycles. The second-order valence-corrected chi connectivity index (χ2v) is 5.33. The molecule has 0 aliphatic rings. The summed E-state index contributed by atoms with van der Waals surface area (Å²) in [6, 6.07) is 15.4. The number of carboxylic acid groups (broad SMARTS) is 1. The Bertz CT molecular complexity index is 939. The molecule has 7 heteroatoms. The van der Waals surface area contributed by atoms with E-state index < -0.39 is 18.4 Å². The Hall–Kier alpha value is -3.61. The van der Waals surface area contributed by atoms with E-state index >= 15 is 0 Å². The quantitative estimate of drug-likeness (QED) is 0.532. The lowest BCUT2D eigenvalue weighted by atomic mass is 10.1. The zero-order chi connectivity index (χ0) is 17.8. The van der Waals surface area contributed by atoms with E-state index in [2.05, 4.69) is 15.6 Å². The van der Waals surface area contributed by atoms with Gasteiger partial charge in [0.25, 0.3) is 5.91 Å². The second-order valence-electron chi connectivity index (χ2n) is 5.33. The largest absolute Gasteiger partial charge is 0.508 e. The number of carbonyl (C=O) groups excluding carboxylic acids is 1. The first kappa shape index (κ1) is 16.3. The van der Waals surface area contributed by atoms with E-state index in [9.17, 15) is 14.7 Å². The van der Waals surface area contributed by atoms with Crippen LogP contribution in [0, 0.1) is 0 Å². The molecule has 1 amide bonds. The number of aromatic hydroxyl groups is 1. The molecule has 25 heavy (non-hydrogen) atoms. The number of nitrogens with one attached hydrogen (secondary N) is 2. The summed E-state index contributed by atoms with van der Waals surface area (Å²) in [6.45, 7) is -0.478. The van der Waals surface area contributed by atoms with Crippen molar-refractivity contribution in [3.8, 4) is 5.75 Å². The number of nitrogens with zero attached hydrogens (tertiary/aromatic N) is 1. The number of fused-ring (bicyclic) bond motifs is 1. The van der Waals surface area contributed by atoms with Crippen LogP contribution < -0.4 is 10.6 Å². The number of pyridine rings is 1. The molecular weight excluding hydrogens is 322 g/mol. The van der Waals surface area contributed by atoms with Gasteiger partial charge in [0, 0.05) is 11.1 Å². The van der Waals surface area contributed by atoms with E-state index in [1.807, 2.05) is 24.3 Å². The van der Waals surface area contributed by atoms with Crippen molar-refractivity contribution < 1.29 is 19.8 Å². The predicted octanol–water partition coefficient (Wildman–Crippen LogP) is 2.50.